The Kier molecular flexibility index (Phi) is 4.21. The standard InChI is InChI=1S/C15H23BN2O/c1-19-16-18-10-3-7-15(18)14-6-2-5-13(11-14)12-17-8-4-9-17/h2,5-6,11,15-16H,3-4,7-10,12H2,1H3. The van der Waals surface area contributed by atoms with Crippen molar-refractivity contribution in [1.29, 1.82) is 0 Å². The lowest BCUT2D eigenvalue weighted by Crippen LogP contribution is -2.36. The first-order chi connectivity index (χ1) is 9.36. The van der Waals surface area contributed by atoms with E-state index in [0.717, 1.165) is 20.7 Å². The van der Waals surface area contributed by atoms with Gasteiger partial charge in [0.15, 0.2) is 0 Å². The zero-order chi connectivity index (χ0) is 13.1. The number of hydrogen-bond donors (Lipinski definition) is 0. The quantitative estimate of drug-likeness (QED) is 0.751. The van der Waals surface area contributed by atoms with Gasteiger partial charge in [0, 0.05) is 19.7 Å². The van der Waals surface area contributed by atoms with Crippen LogP contribution in [0.1, 0.15) is 36.4 Å². The molecule has 102 valence electrons. The Hall–Kier alpha value is -0.835. The summed E-state index contributed by atoms with van der Waals surface area (Å²) in [6.45, 7) is 4.81. The average Bonchev–Trinajstić information content (AvgIpc) is 2.83. The normalized spacial score (nSPS) is 24.4. The monoisotopic (exact) mass is 258 g/mol. The first kappa shape index (κ1) is 13.2. The Bertz CT molecular complexity index is 422. The Balaban J connectivity index is 1.70. The molecule has 0 radical (unpaired) electrons. The summed E-state index contributed by atoms with van der Waals surface area (Å²) in [7, 11) is 2.54. The minimum Gasteiger partial charge on any atom is -0.427 e. The number of nitrogens with zero attached hydrogens (tertiary/aromatic N) is 2. The Labute approximate surface area is 116 Å². The molecule has 0 spiro atoms. The summed E-state index contributed by atoms with van der Waals surface area (Å²) in [6.07, 6.45) is 3.91. The van der Waals surface area contributed by atoms with Crippen LogP contribution < -0.4 is 0 Å². The fraction of sp³-hybridized carbons (Fsp3) is 0.600. The third-order valence-corrected chi connectivity index (χ3v) is 4.35. The van der Waals surface area contributed by atoms with Crippen molar-refractivity contribution in [3.63, 3.8) is 0 Å². The SMILES string of the molecule is COBN1CCCC1c1cccc(CN2CCC2)c1. The molecule has 1 aromatic carbocycles. The van der Waals surface area contributed by atoms with Gasteiger partial charge in [-0.1, -0.05) is 24.3 Å². The van der Waals surface area contributed by atoms with Crippen molar-refractivity contribution in [2.75, 3.05) is 26.7 Å². The van der Waals surface area contributed by atoms with Gasteiger partial charge >= 0.3 is 7.62 Å². The number of likely N-dealkylation sites (tertiary alicyclic amines) is 1. The summed E-state index contributed by atoms with van der Waals surface area (Å²) in [5.41, 5.74) is 2.93. The van der Waals surface area contributed by atoms with E-state index in [1.807, 2.05) is 0 Å². The first-order valence-electron chi connectivity index (χ1n) is 7.41. The summed E-state index contributed by atoms with van der Waals surface area (Å²) in [5.74, 6) is 0. The highest BCUT2D eigenvalue weighted by Gasteiger charge is 2.26. The third kappa shape index (κ3) is 3.02. The molecule has 1 aromatic rings. The molecule has 0 aliphatic carbocycles. The number of rotatable bonds is 5. The molecule has 2 aliphatic heterocycles. The summed E-state index contributed by atoms with van der Waals surface area (Å²) in [5, 5.41) is 0. The summed E-state index contributed by atoms with van der Waals surface area (Å²) in [4.78, 5) is 4.96. The third-order valence-electron chi connectivity index (χ3n) is 4.35. The van der Waals surface area contributed by atoms with E-state index in [9.17, 15) is 0 Å². The van der Waals surface area contributed by atoms with Crippen molar-refractivity contribution in [2.24, 2.45) is 0 Å². The van der Waals surface area contributed by atoms with Crippen molar-refractivity contribution in [3.05, 3.63) is 35.4 Å². The lowest BCUT2D eigenvalue weighted by Gasteiger charge is -2.31. The van der Waals surface area contributed by atoms with E-state index >= 15 is 0 Å². The van der Waals surface area contributed by atoms with E-state index in [1.54, 1.807) is 7.11 Å². The molecule has 3 nitrogen and oxygen atoms in total. The zero-order valence-corrected chi connectivity index (χ0v) is 11.8. The minimum atomic E-state index is 0.552. The second-order valence-corrected chi connectivity index (χ2v) is 5.76. The van der Waals surface area contributed by atoms with Crippen LogP contribution in [-0.4, -0.2) is 44.1 Å². The maximum absolute atomic E-state index is 5.32. The molecule has 0 aromatic heterocycles. The van der Waals surface area contributed by atoms with Crippen LogP contribution in [0.3, 0.4) is 0 Å². The smallest absolute Gasteiger partial charge is 0.363 e. The van der Waals surface area contributed by atoms with Crippen molar-refractivity contribution in [2.45, 2.75) is 31.8 Å². The van der Waals surface area contributed by atoms with Crippen LogP contribution in [0.25, 0.3) is 0 Å². The van der Waals surface area contributed by atoms with Crippen molar-refractivity contribution < 1.29 is 4.65 Å². The van der Waals surface area contributed by atoms with Crippen LogP contribution in [0, 0.1) is 0 Å². The van der Waals surface area contributed by atoms with Crippen molar-refractivity contribution in [1.82, 2.24) is 9.71 Å². The predicted molar refractivity (Wildman–Crippen MR) is 79.2 cm³/mol. The molecule has 1 unspecified atom stereocenters. The highest BCUT2D eigenvalue weighted by molar-refractivity contribution is 6.23. The maximum atomic E-state index is 5.32. The van der Waals surface area contributed by atoms with Crippen LogP contribution in [0.5, 0.6) is 0 Å². The Morgan fingerprint density at radius 1 is 1.26 bits per heavy atom. The van der Waals surface area contributed by atoms with Gasteiger partial charge in [0.1, 0.15) is 0 Å². The molecule has 2 fully saturated rings. The van der Waals surface area contributed by atoms with Crippen LogP contribution in [-0.2, 0) is 11.2 Å². The molecule has 1 atom stereocenters. The second-order valence-electron chi connectivity index (χ2n) is 5.76. The molecule has 0 saturated carbocycles. The van der Waals surface area contributed by atoms with Gasteiger partial charge in [-0.05, 0) is 50.0 Å². The number of benzene rings is 1. The van der Waals surface area contributed by atoms with E-state index in [2.05, 4.69) is 34.0 Å². The van der Waals surface area contributed by atoms with Gasteiger partial charge in [-0.2, -0.15) is 0 Å². The molecule has 0 N–H and O–H groups in total. The summed E-state index contributed by atoms with van der Waals surface area (Å²) >= 11 is 0. The first-order valence-corrected chi connectivity index (χ1v) is 7.41. The molecule has 4 heteroatoms. The van der Waals surface area contributed by atoms with Crippen LogP contribution >= 0.6 is 0 Å². The molecule has 0 bridgehead atoms. The number of hydrogen-bond acceptors (Lipinski definition) is 3. The molecule has 0 amide bonds. The van der Waals surface area contributed by atoms with Gasteiger partial charge in [0.05, 0.1) is 0 Å². The summed E-state index contributed by atoms with van der Waals surface area (Å²) in [6, 6.07) is 9.71. The summed E-state index contributed by atoms with van der Waals surface area (Å²) < 4.78 is 5.32. The van der Waals surface area contributed by atoms with Crippen LogP contribution in [0.15, 0.2) is 24.3 Å². The lowest BCUT2D eigenvalue weighted by molar-refractivity contribution is 0.172. The van der Waals surface area contributed by atoms with Gasteiger partial charge in [-0.15, -0.1) is 0 Å². The zero-order valence-electron chi connectivity index (χ0n) is 11.8. The highest BCUT2D eigenvalue weighted by Crippen LogP contribution is 2.31. The van der Waals surface area contributed by atoms with Crippen molar-refractivity contribution >= 4 is 7.62 Å². The van der Waals surface area contributed by atoms with E-state index in [4.69, 9.17) is 4.65 Å². The molecule has 2 heterocycles. The Morgan fingerprint density at radius 2 is 2.16 bits per heavy atom. The van der Waals surface area contributed by atoms with E-state index in [0.29, 0.717) is 6.04 Å². The predicted octanol–water partition coefficient (Wildman–Crippen LogP) is 1.94. The maximum Gasteiger partial charge on any atom is 0.363 e. The average molecular weight is 258 g/mol. The van der Waals surface area contributed by atoms with Gasteiger partial charge in [-0.3, -0.25) is 4.90 Å². The lowest BCUT2D eigenvalue weighted by atomic mass is 9.98. The van der Waals surface area contributed by atoms with Gasteiger partial charge in [0.25, 0.3) is 0 Å². The van der Waals surface area contributed by atoms with E-state index in [1.165, 1.54) is 43.5 Å². The molecule has 19 heavy (non-hydrogen) atoms. The van der Waals surface area contributed by atoms with E-state index in [-0.39, 0.29) is 0 Å². The fourth-order valence-corrected chi connectivity index (χ4v) is 3.22. The molecule has 2 aliphatic rings. The minimum absolute atomic E-state index is 0.552. The Morgan fingerprint density at radius 3 is 2.89 bits per heavy atom. The van der Waals surface area contributed by atoms with Gasteiger partial charge in [-0.25, -0.2) is 0 Å². The molecular weight excluding hydrogens is 235 g/mol. The highest BCUT2D eigenvalue weighted by atomic mass is 16.4. The van der Waals surface area contributed by atoms with E-state index < -0.39 is 0 Å². The topological polar surface area (TPSA) is 15.7 Å². The van der Waals surface area contributed by atoms with Crippen LogP contribution in [0.4, 0.5) is 0 Å². The molecular formula is C15H23BN2O. The van der Waals surface area contributed by atoms with Crippen molar-refractivity contribution in [3.8, 4) is 0 Å². The van der Waals surface area contributed by atoms with Gasteiger partial charge < -0.3 is 9.47 Å². The van der Waals surface area contributed by atoms with Gasteiger partial charge in [0.2, 0.25) is 0 Å². The fourth-order valence-electron chi connectivity index (χ4n) is 3.22. The largest absolute Gasteiger partial charge is 0.427 e. The van der Waals surface area contributed by atoms with Crippen LogP contribution in [0.2, 0.25) is 0 Å². The molecule has 2 saturated heterocycles. The second kappa shape index (κ2) is 6.08. The molecule has 3 rings (SSSR count).